The third-order valence-corrected chi connectivity index (χ3v) is 8.58. The molecule has 3 aromatic carbocycles. The molecule has 0 atom stereocenters. The van der Waals surface area contributed by atoms with Gasteiger partial charge in [-0.3, -0.25) is 0 Å². The van der Waals surface area contributed by atoms with Crippen molar-refractivity contribution >= 4 is 50.1 Å². The van der Waals surface area contributed by atoms with Crippen molar-refractivity contribution in [1.29, 1.82) is 0 Å². The first-order chi connectivity index (χ1) is 18.0. The summed E-state index contributed by atoms with van der Waals surface area (Å²) in [5.41, 5.74) is 3.55. The molecular weight excluding hydrogens is 535 g/mol. The summed E-state index contributed by atoms with van der Waals surface area (Å²) < 4.78 is 29.8. The average Bonchev–Trinajstić information content (AvgIpc) is 3.37. The van der Waals surface area contributed by atoms with E-state index in [1.54, 1.807) is 18.3 Å². The highest BCUT2D eigenvalue weighted by Gasteiger charge is 2.26. The molecule has 0 aliphatic rings. The zero-order valence-electron chi connectivity index (χ0n) is 21.7. The van der Waals surface area contributed by atoms with Gasteiger partial charge in [-0.25, -0.2) is 18.1 Å². The first kappa shape index (κ1) is 27.7. The highest BCUT2D eigenvalue weighted by molar-refractivity contribution is 7.89. The summed E-state index contributed by atoms with van der Waals surface area (Å²) in [7, 11) is -1.99. The summed E-state index contributed by atoms with van der Waals surface area (Å²) >= 11 is 6.91. The van der Waals surface area contributed by atoms with Crippen LogP contribution in [-0.4, -0.2) is 31.1 Å². The minimum Gasteiger partial charge on any atom is -0.388 e. The number of aromatic nitrogens is 1. The quantitative estimate of drug-likeness (QED) is 0.192. The van der Waals surface area contributed by atoms with Gasteiger partial charge >= 0.3 is 0 Å². The molecular formula is C28H31N5O2S3. The smallest absolute Gasteiger partial charge is 0.241 e. The van der Waals surface area contributed by atoms with E-state index in [-0.39, 0.29) is 4.90 Å². The fourth-order valence-corrected chi connectivity index (χ4v) is 6.63. The monoisotopic (exact) mass is 565 g/mol. The maximum absolute atomic E-state index is 13.5. The highest BCUT2D eigenvalue weighted by atomic mass is 32.2. The standard InChI is InChI=1S/C28H31N5O2S3/c1-28(2,3)33-38(34,35)25-16-22(32-27(36)31-17-19-8-6-5-7-9-19)14-15-23(25)24-18-30-26(37-24)20-10-12-21(29-4)13-11-20/h5-16,18,29,33H,17H2,1-4H3,(H2,31,32,36). The maximum Gasteiger partial charge on any atom is 0.241 e. The Labute approximate surface area is 233 Å². The molecule has 0 saturated heterocycles. The summed E-state index contributed by atoms with van der Waals surface area (Å²) in [6, 6.07) is 23.1. The number of anilines is 2. The van der Waals surface area contributed by atoms with Crippen molar-refractivity contribution < 1.29 is 8.42 Å². The van der Waals surface area contributed by atoms with E-state index >= 15 is 0 Å². The Morgan fingerprint density at radius 1 is 0.974 bits per heavy atom. The van der Waals surface area contributed by atoms with Gasteiger partial charge in [-0.2, -0.15) is 0 Å². The van der Waals surface area contributed by atoms with Crippen molar-refractivity contribution in [2.45, 2.75) is 37.8 Å². The topological polar surface area (TPSA) is 95.2 Å². The van der Waals surface area contributed by atoms with E-state index in [4.69, 9.17) is 12.2 Å². The van der Waals surface area contributed by atoms with Crippen LogP contribution in [0.5, 0.6) is 0 Å². The Morgan fingerprint density at radius 3 is 2.32 bits per heavy atom. The SMILES string of the molecule is CNc1ccc(-c2ncc(-c3ccc(NC(=S)NCc4ccccc4)cc3S(=O)(=O)NC(C)(C)C)s2)cc1. The van der Waals surface area contributed by atoms with Crippen LogP contribution in [-0.2, 0) is 16.6 Å². The number of benzene rings is 3. The van der Waals surface area contributed by atoms with Gasteiger partial charge in [-0.15, -0.1) is 11.3 Å². The molecule has 1 aromatic heterocycles. The van der Waals surface area contributed by atoms with Gasteiger partial charge in [0.05, 0.1) is 9.77 Å². The molecule has 4 N–H and O–H groups in total. The largest absolute Gasteiger partial charge is 0.388 e. The lowest BCUT2D eigenvalue weighted by molar-refractivity contribution is 0.491. The second kappa shape index (κ2) is 11.6. The lowest BCUT2D eigenvalue weighted by Gasteiger charge is -2.22. The zero-order chi connectivity index (χ0) is 27.3. The van der Waals surface area contributed by atoms with Crippen LogP contribution in [0.4, 0.5) is 11.4 Å². The van der Waals surface area contributed by atoms with Crippen molar-refractivity contribution in [3.05, 3.63) is 84.6 Å². The number of sulfonamides is 1. The van der Waals surface area contributed by atoms with Gasteiger partial charge in [-0.1, -0.05) is 36.4 Å². The van der Waals surface area contributed by atoms with Crippen molar-refractivity contribution in [2.24, 2.45) is 0 Å². The summed E-state index contributed by atoms with van der Waals surface area (Å²) in [5.74, 6) is 0. The van der Waals surface area contributed by atoms with E-state index in [0.29, 0.717) is 22.9 Å². The molecule has 1 heterocycles. The van der Waals surface area contributed by atoms with Crippen molar-refractivity contribution in [2.75, 3.05) is 17.7 Å². The molecule has 0 saturated carbocycles. The van der Waals surface area contributed by atoms with Gasteiger partial charge in [-0.05, 0) is 75.0 Å². The van der Waals surface area contributed by atoms with Crippen LogP contribution in [0, 0.1) is 0 Å². The first-order valence-electron chi connectivity index (χ1n) is 12.1. The molecule has 4 rings (SSSR count). The van der Waals surface area contributed by atoms with Gasteiger partial charge < -0.3 is 16.0 Å². The summed E-state index contributed by atoms with van der Waals surface area (Å²) in [5, 5.41) is 10.6. The molecule has 0 fully saturated rings. The van der Waals surface area contributed by atoms with Crippen LogP contribution in [0.1, 0.15) is 26.3 Å². The van der Waals surface area contributed by atoms with Crippen molar-refractivity contribution in [1.82, 2.24) is 15.0 Å². The van der Waals surface area contributed by atoms with Gasteiger partial charge in [0.1, 0.15) is 5.01 Å². The number of thiocarbonyl (C=S) groups is 1. The predicted molar refractivity (Wildman–Crippen MR) is 162 cm³/mol. The third-order valence-electron chi connectivity index (χ3n) is 5.46. The number of rotatable bonds is 8. The minimum atomic E-state index is -3.86. The summed E-state index contributed by atoms with van der Waals surface area (Å²) in [4.78, 5) is 5.49. The van der Waals surface area contributed by atoms with Crippen LogP contribution >= 0.6 is 23.6 Å². The van der Waals surface area contributed by atoms with E-state index in [2.05, 4.69) is 25.7 Å². The number of hydrogen-bond acceptors (Lipinski definition) is 6. The Kier molecular flexibility index (Phi) is 8.47. The van der Waals surface area contributed by atoms with Crippen molar-refractivity contribution in [3.8, 4) is 21.0 Å². The predicted octanol–water partition coefficient (Wildman–Crippen LogP) is 6.08. The number of hydrogen-bond donors (Lipinski definition) is 4. The van der Waals surface area contributed by atoms with E-state index in [1.807, 2.05) is 88.5 Å². The van der Waals surface area contributed by atoms with Crippen LogP contribution in [0.2, 0.25) is 0 Å². The molecule has 4 aromatic rings. The van der Waals surface area contributed by atoms with E-state index in [9.17, 15) is 8.42 Å². The van der Waals surface area contributed by atoms with Crippen LogP contribution < -0.4 is 20.7 Å². The van der Waals surface area contributed by atoms with E-state index in [1.165, 1.54) is 11.3 Å². The molecule has 0 unspecified atom stereocenters. The zero-order valence-corrected chi connectivity index (χ0v) is 24.2. The van der Waals surface area contributed by atoms with Crippen LogP contribution in [0.15, 0.2) is 83.9 Å². The average molecular weight is 566 g/mol. The molecule has 10 heteroatoms. The second-order valence-corrected chi connectivity index (χ2v) is 12.8. The molecule has 7 nitrogen and oxygen atoms in total. The molecule has 0 aliphatic heterocycles. The Hall–Kier alpha value is -3.31. The fourth-order valence-electron chi connectivity index (χ4n) is 3.75. The minimum absolute atomic E-state index is 0.156. The summed E-state index contributed by atoms with van der Waals surface area (Å²) in [6.45, 7) is 6.00. The molecule has 0 aliphatic carbocycles. The Bertz CT molecular complexity index is 1510. The number of thiazole rings is 1. The van der Waals surface area contributed by atoms with Gasteiger partial charge in [0.2, 0.25) is 10.0 Å². The third kappa shape index (κ3) is 7.16. The molecule has 0 radical (unpaired) electrons. The number of nitrogens with one attached hydrogen (secondary N) is 4. The second-order valence-electron chi connectivity index (χ2n) is 9.72. The van der Waals surface area contributed by atoms with Gasteiger partial charge in [0.15, 0.2) is 5.11 Å². The molecule has 0 spiro atoms. The van der Waals surface area contributed by atoms with Gasteiger partial charge in [0, 0.05) is 47.8 Å². The van der Waals surface area contributed by atoms with E-state index < -0.39 is 15.6 Å². The van der Waals surface area contributed by atoms with Gasteiger partial charge in [0.25, 0.3) is 0 Å². The first-order valence-corrected chi connectivity index (χ1v) is 14.8. The maximum atomic E-state index is 13.5. The molecule has 38 heavy (non-hydrogen) atoms. The van der Waals surface area contributed by atoms with Crippen LogP contribution in [0.25, 0.3) is 21.0 Å². The normalized spacial score (nSPS) is 11.7. The Balaban J connectivity index is 1.64. The number of nitrogens with zero attached hydrogens (tertiary/aromatic N) is 1. The van der Waals surface area contributed by atoms with E-state index in [0.717, 1.165) is 26.7 Å². The highest BCUT2D eigenvalue weighted by Crippen LogP contribution is 2.37. The summed E-state index contributed by atoms with van der Waals surface area (Å²) in [6.07, 6.45) is 1.72. The Morgan fingerprint density at radius 2 is 1.66 bits per heavy atom. The lowest BCUT2D eigenvalue weighted by atomic mass is 10.1. The van der Waals surface area contributed by atoms with Crippen LogP contribution in [0.3, 0.4) is 0 Å². The lowest BCUT2D eigenvalue weighted by Crippen LogP contribution is -2.40. The van der Waals surface area contributed by atoms with Crippen molar-refractivity contribution in [3.63, 3.8) is 0 Å². The molecule has 0 bridgehead atoms. The molecule has 0 amide bonds. The fraction of sp³-hybridized carbons (Fsp3) is 0.214. The molecule has 198 valence electrons.